The number of hydrogen-bond donors (Lipinski definition) is 3. The fourth-order valence-electron chi connectivity index (χ4n) is 3.12. The standard InChI is InChI=1S/C18H23N5O2.2ClH/c1-11-14(9-16(24)22-15-6-4-8-20-12(15)2)18(25)23-17(21-11)13-5-3-7-19-10-13;;/h3,5,7,10,12,15,20H,4,6,8-9H2,1-2H3,(H,22,24)(H,21,23,25);2*1H. The van der Waals surface area contributed by atoms with Crippen LogP contribution in [-0.2, 0) is 11.2 Å². The zero-order chi connectivity index (χ0) is 17.8. The second-order valence-electron chi connectivity index (χ2n) is 6.46. The van der Waals surface area contributed by atoms with Crippen LogP contribution in [0.15, 0.2) is 29.3 Å². The Balaban J connectivity index is 0.00000182. The summed E-state index contributed by atoms with van der Waals surface area (Å²) in [6.07, 6.45) is 5.32. The molecule has 0 aliphatic carbocycles. The van der Waals surface area contributed by atoms with Crippen LogP contribution in [0.25, 0.3) is 11.4 Å². The number of aromatic nitrogens is 3. The van der Waals surface area contributed by atoms with Crippen LogP contribution in [0.3, 0.4) is 0 Å². The highest BCUT2D eigenvalue weighted by atomic mass is 35.5. The number of aryl methyl sites for hydroxylation is 1. The van der Waals surface area contributed by atoms with Gasteiger partial charge in [0.15, 0.2) is 0 Å². The molecule has 0 bridgehead atoms. The molecule has 0 radical (unpaired) electrons. The first-order valence-electron chi connectivity index (χ1n) is 8.57. The molecule has 1 fully saturated rings. The third kappa shape index (κ3) is 5.76. The number of nitrogens with one attached hydrogen (secondary N) is 3. The minimum atomic E-state index is -0.281. The molecule has 3 N–H and O–H groups in total. The van der Waals surface area contributed by atoms with Crippen LogP contribution < -0.4 is 16.2 Å². The first-order chi connectivity index (χ1) is 12.0. The molecule has 3 heterocycles. The predicted molar refractivity (Wildman–Crippen MR) is 110 cm³/mol. The largest absolute Gasteiger partial charge is 0.352 e. The predicted octanol–water partition coefficient (Wildman–Crippen LogP) is 1.78. The van der Waals surface area contributed by atoms with Crippen LogP contribution in [-0.4, -0.2) is 39.5 Å². The van der Waals surface area contributed by atoms with Gasteiger partial charge < -0.3 is 15.6 Å². The van der Waals surface area contributed by atoms with Crippen molar-refractivity contribution in [2.45, 2.75) is 45.2 Å². The van der Waals surface area contributed by atoms with E-state index in [1.54, 1.807) is 25.4 Å². The number of aromatic amines is 1. The van der Waals surface area contributed by atoms with E-state index in [2.05, 4.69) is 32.5 Å². The van der Waals surface area contributed by atoms with Crippen molar-refractivity contribution in [1.82, 2.24) is 25.6 Å². The van der Waals surface area contributed by atoms with Gasteiger partial charge in [-0.3, -0.25) is 14.6 Å². The smallest absolute Gasteiger partial charge is 0.255 e. The third-order valence-corrected chi connectivity index (χ3v) is 4.60. The lowest BCUT2D eigenvalue weighted by Crippen LogP contribution is -2.52. The van der Waals surface area contributed by atoms with Crippen molar-refractivity contribution < 1.29 is 4.79 Å². The molecule has 148 valence electrons. The van der Waals surface area contributed by atoms with Crippen LogP contribution in [0.5, 0.6) is 0 Å². The van der Waals surface area contributed by atoms with Crippen molar-refractivity contribution in [3.63, 3.8) is 0 Å². The van der Waals surface area contributed by atoms with Gasteiger partial charge in [-0.2, -0.15) is 0 Å². The van der Waals surface area contributed by atoms with Gasteiger partial charge in [0.25, 0.3) is 5.56 Å². The fraction of sp³-hybridized carbons (Fsp3) is 0.444. The Hall–Kier alpha value is -1.96. The van der Waals surface area contributed by atoms with Gasteiger partial charge in [0, 0.05) is 41.3 Å². The Bertz CT molecular complexity index is 813. The van der Waals surface area contributed by atoms with Gasteiger partial charge in [-0.05, 0) is 45.4 Å². The van der Waals surface area contributed by atoms with E-state index in [-0.39, 0.29) is 54.8 Å². The zero-order valence-corrected chi connectivity index (χ0v) is 17.0. The normalized spacial score (nSPS) is 18.7. The lowest BCUT2D eigenvalue weighted by molar-refractivity contribution is -0.121. The molecule has 7 nitrogen and oxygen atoms in total. The number of hydrogen-bond acceptors (Lipinski definition) is 5. The van der Waals surface area contributed by atoms with Crippen molar-refractivity contribution in [2.75, 3.05) is 6.54 Å². The van der Waals surface area contributed by atoms with Crippen LogP contribution in [0.4, 0.5) is 0 Å². The maximum atomic E-state index is 12.4. The van der Waals surface area contributed by atoms with Gasteiger partial charge in [-0.25, -0.2) is 4.98 Å². The molecule has 2 aromatic heterocycles. The summed E-state index contributed by atoms with van der Waals surface area (Å²) in [5.74, 6) is 0.315. The van der Waals surface area contributed by atoms with Gasteiger partial charge in [-0.1, -0.05) is 0 Å². The van der Waals surface area contributed by atoms with Crippen LogP contribution >= 0.6 is 24.8 Å². The molecule has 0 saturated carbocycles. The summed E-state index contributed by atoms with van der Waals surface area (Å²) < 4.78 is 0. The molecule has 1 aliphatic rings. The minimum Gasteiger partial charge on any atom is -0.352 e. The van der Waals surface area contributed by atoms with Crippen LogP contribution in [0.1, 0.15) is 31.0 Å². The lowest BCUT2D eigenvalue weighted by atomic mass is 9.99. The maximum Gasteiger partial charge on any atom is 0.255 e. The number of carbonyl (C=O) groups excluding carboxylic acids is 1. The molecule has 2 atom stereocenters. The SMILES string of the molecule is Cc1nc(-c2cccnc2)[nH]c(=O)c1CC(=O)NC1CCCNC1C.Cl.Cl. The molecule has 9 heteroatoms. The second-order valence-corrected chi connectivity index (χ2v) is 6.46. The molecular formula is C18H25Cl2N5O2. The first kappa shape index (κ1) is 23.1. The quantitative estimate of drug-likeness (QED) is 0.709. The summed E-state index contributed by atoms with van der Waals surface area (Å²) in [5.41, 5.74) is 1.42. The number of nitrogens with zero attached hydrogens (tertiary/aromatic N) is 2. The van der Waals surface area contributed by atoms with Crippen LogP contribution in [0.2, 0.25) is 0 Å². The van der Waals surface area contributed by atoms with Crippen molar-refractivity contribution in [3.8, 4) is 11.4 Å². The van der Waals surface area contributed by atoms with Gasteiger partial charge >= 0.3 is 0 Å². The number of carbonyl (C=O) groups is 1. The molecule has 3 rings (SSSR count). The zero-order valence-electron chi connectivity index (χ0n) is 15.3. The molecule has 1 amide bonds. The highest BCUT2D eigenvalue weighted by Gasteiger charge is 2.23. The fourth-order valence-corrected chi connectivity index (χ4v) is 3.12. The average molecular weight is 414 g/mol. The van der Waals surface area contributed by atoms with Gasteiger partial charge in [-0.15, -0.1) is 24.8 Å². The van der Waals surface area contributed by atoms with Gasteiger partial charge in [0.1, 0.15) is 5.82 Å². The third-order valence-electron chi connectivity index (χ3n) is 4.60. The van der Waals surface area contributed by atoms with E-state index in [4.69, 9.17) is 0 Å². The summed E-state index contributed by atoms with van der Waals surface area (Å²) >= 11 is 0. The molecular weight excluding hydrogens is 389 g/mol. The molecule has 2 unspecified atom stereocenters. The minimum absolute atomic E-state index is 0. The number of piperidine rings is 1. The summed E-state index contributed by atoms with van der Waals surface area (Å²) in [6, 6.07) is 3.95. The molecule has 0 spiro atoms. The number of amides is 1. The Morgan fingerprint density at radius 3 is 2.78 bits per heavy atom. The van der Waals surface area contributed by atoms with Gasteiger partial charge in [0.05, 0.1) is 6.42 Å². The summed E-state index contributed by atoms with van der Waals surface area (Å²) in [6.45, 7) is 4.79. The average Bonchev–Trinajstić information content (AvgIpc) is 2.61. The highest BCUT2D eigenvalue weighted by molar-refractivity contribution is 5.85. The lowest BCUT2D eigenvalue weighted by Gasteiger charge is -2.30. The Labute approximate surface area is 170 Å². The highest BCUT2D eigenvalue weighted by Crippen LogP contribution is 2.13. The van der Waals surface area contributed by atoms with E-state index in [1.165, 1.54) is 0 Å². The van der Waals surface area contributed by atoms with Gasteiger partial charge in [0.2, 0.25) is 5.91 Å². The molecule has 27 heavy (non-hydrogen) atoms. The van der Waals surface area contributed by atoms with E-state index in [1.807, 2.05) is 6.07 Å². The molecule has 1 aliphatic heterocycles. The van der Waals surface area contributed by atoms with E-state index in [0.717, 1.165) is 24.9 Å². The Kier molecular flexibility index (Phi) is 8.88. The Morgan fingerprint density at radius 1 is 1.37 bits per heavy atom. The van der Waals surface area contributed by atoms with Crippen molar-refractivity contribution in [2.24, 2.45) is 0 Å². The maximum absolute atomic E-state index is 12.4. The van der Waals surface area contributed by atoms with Crippen LogP contribution in [0, 0.1) is 6.92 Å². The monoisotopic (exact) mass is 413 g/mol. The molecule has 1 saturated heterocycles. The summed E-state index contributed by atoms with van der Waals surface area (Å²) in [7, 11) is 0. The number of rotatable bonds is 4. The van der Waals surface area contributed by atoms with E-state index in [9.17, 15) is 9.59 Å². The second kappa shape index (κ2) is 10.4. The number of pyridine rings is 1. The van der Waals surface area contributed by atoms with E-state index >= 15 is 0 Å². The topological polar surface area (TPSA) is 99.8 Å². The van der Waals surface area contributed by atoms with E-state index < -0.39 is 0 Å². The molecule has 2 aromatic rings. The number of halogens is 2. The van der Waals surface area contributed by atoms with Crippen molar-refractivity contribution in [3.05, 3.63) is 46.1 Å². The molecule has 0 aromatic carbocycles. The first-order valence-corrected chi connectivity index (χ1v) is 8.57. The summed E-state index contributed by atoms with van der Waals surface area (Å²) in [4.78, 5) is 36.0. The number of H-pyrrole nitrogens is 1. The Morgan fingerprint density at radius 2 is 2.15 bits per heavy atom. The van der Waals surface area contributed by atoms with Crippen molar-refractivity contribution >= 4 is 30.7 Å². The van der Waals surface area contributed by atoms with Crippen molar-refractivity contribution in [1.29, 1.82) is 0 Å². The van der Waals surface area contributed by atoms with E-state index in [0.29, 0.717) is 17.1 Å². The summed E-state index contributed by atoms with van der Waals surface area (Å²) in [5, 5.41) is 6.37.